The van der Waals surface area contributed by atoms with Crippen LogP contribution in [0.1, 0.15) is 12.2 Å². The molecule has 0 bridgehead atoms. The number of aromatic nitrogens is 2. The standard InChI is InChI=1S/C9H7F2N3O/c10-7(11)8-13-6-4-2-1-3-5(6)9(15)14(8)12/h1-4,7H,12H2. The molecular weight excluding hydrogens is 204 g/mol. The van der Waals surface area contributed by atoms with E-state index < -0.39 is 17.8 Å². The first-order valence-corrected chi connectivity index (χ1v) is 4.16. The second-order valence-corrected chi connectivity index (χ2v) is 2.96. The van der Waals surface area contributed by atoms with Crippen molar-refractivity contribution in [2.45, 2.75) is 6.43 Å². The number of hydrogen-bond donors (Lipinski definition) is 1. The van der Waals surface area contributed by atoms with E-state index in [1.54, 1.807) is 12.1 Å². The van der Waals surface area contributed by atoms with E-state index >= 15 is 0 Å². The van der Waals surface area contributed by atoms with E-state index in [4.69, 9.17) is 5.84 Å². The first-order valence-electron chi connectivity index (χ1n) is 4.16. The van der Waals surface area contributed by atoms with E-state index in [1.165, 1.54) is 12.1 Å². The predicted molar refractivity (Wildman–Crippen MR) is 51.1 cm³/mol. The molecule has 2 rings (SSSR count). The summed E-state index contributed by atoms with van der Waals surface area (Å²) in [7, 11) is 0. The minimum absolute atomic E-state index is 0.222. The molecular formula is C9H7F2N3O. The van der Waals surface area contributed by atoms with Crippen LogP contribution in [0, 0.1) is 0 Å². The Kier molecular flexibility index (Phi) is 2.11. The molecule has 0 aliphatic carbocycles. The van der Waals surface area contributed by atoms with Gasteiger partial charge in [-0.25, -0.2) is 18.4 Å². The maximum absolute atomic E-state index is 12.4. The Balaban J connectivity index is 2.89. The van der Waals surface area contributed by atoms with Gasteiger partial charge in [0.15, 0.2) is 5.82 Å². The fourth-order valence-electron chi connectivity index (χ4n) is 1.32. The summed E-state index contributed by atoms with van der Waals surface area (Å²) >= 11 is 0. The third-order valence-corrected chi connectivity index (χ3v) is 2.03. The molecule has 0 fully saturated rings. The number of nitrogens with zero attached hydrogens (tertiary/aromatic N) is 2. The summed E-state index contributed by atoms with van der Waals surface area (Å²) in [5, 5.41) is 0.226. The number of halogens is 2. The second kappa shape index (κ2) is 3.30. The van der Waals surface area contributed by atoms with E-state index in [1.807, 2.05) is 0 Å². The molecule has 2 N–H and O–H groups in total. The van der Waals surface area contributed by atoms with Crippen LogP contribution in [0.5, 0.6) is 0 Å². The quantitative estimate of drug-likeness (QED) is 0.717. The van der Waals surface area contributed by atoms with Gasteiger partial charge < -0.3 is 5.84 Å². The molecule has 1 aromatic carbocycles. The monoisotopic (exact) mass is 211 g/mol. The van der Waals surface area contributed by atoms with Gasteiger partial charge in [-0.15, -0.1) is 0 Å². The molecule has 1 aromatic heterocycles. The van der Waals surface area contributed by atoms with Crippen LogP contribution >= 0.6 is 0 Å². The summed E-state index contributed by atoms with van der Waals surface area (Å²) in [5.41, 5.74) is -0.449. The van der Waals surface area contributed by atoms with E-state index in [-0.39, 0.29) is 10.9 Å². The number of rotatable bonds is 1. The molecule has 0 unspecified atom stereocenters. The van der Waals surface area contributed by atoms with Crippen molar-refractivity contribution in [2.24, 2.45) is 0 Å². The van der Waals surface area contributed by atoms with E-state index in [2.05, 4.69) is 4.98 Å². The maximum Gasteiger partial charge on any atom is 0.297 e. The van der Waals surface area contributed by atoms with Crippen molar-refractivity contribution >= 4 is 10.9 Å². The van der Waals surface area contributed by atoms with Crippen molar-refractivity contribution in [1.29, 1.82) is 0 Å². The maximum atomic E-state index is 12.4. The van der Waals surface area contributed by atoms with Gasteiger partial charge in [-0.1, -0.05) is 12.1 Å². The molecule has 0 aliphatic rings. The Bertz CT molecular complexity index is 565. The summed E-state index contributed by atoms with van der Waals surface area (Å²) in [5.74, 6) is 4.49. The number of nitrogens with two attached hydrogens (primary N) is 1. The van der Waals surface area contributed by atoms with Crippen molar-refractivity contribution in [2.75, 3.05) is 5.84 Å². The number of alkyl halides is 2. The van der Waals surface area contributed by atoms with E-state index in [9.17, 15) is 13.6 Å². The number of para-hydroxylation sites is 1. The first-order chi connectivity index (χ1) is 7.11. The van der Waals surface area contributed by atoms with E-state index in [0.717, 1.165) is 0 Å². The molecule has 0 spiro atoms. The lowest BCUT2D eigenvalue weighted by atomic mass is 10.2. The molecule has 1 heterocycles. The largest absolute Gasteiger partial charge is 0.335 e. The summed E-state index contributed by atoms with van der Waals surface area (Å²) < 4.78 is 25.2. The number of hydrogen-bond acceptors (Lipinski definition) is 3. The molecule has 4 nitrogen and oxygen atoms in total. The number of fused-ring (bicyclic) bond motifs is 1. The summed E-state index contributed by atoms with van der Waals surface area (Å²) in [6.45, 7) is 0. The van der Waals surface area contributed by atoms with E-state index in [0.29, 0.717) is 4.68 Å². The van der Waals surface area contributed by atoms with Crippen LogP contribution in [0.3, 0.4) is 0 Å². The molecule has 0 amide bonds. The summed E-state index contributed by atoms with van der Waals surface area (Å²) in [4.78, 5) is 15.1. The number of benzene rings is 1. The zero-order valence-electron chi connectivity index (χ0n) is 7.52. The lowest BCUT2D eigenvalue weighted by molar-refractivity contribution is 0.136. The summed E-state index contributed by atoms with van der Waals surface area (Å²) in [6, 6.07) is 6.21. The Morgan fingerprint density at radius 1 is 1.33 bits per heavy atom. The van der Waals surface area contributed by atoms with Crippen molar-refractivity contribution in [3.05, 3.63) is 40.4 Å². The third-order valence-electron chi connectivity index (χ3n) is 2.03. The van der Waals surface area contributed by atoms with Crippen LogP contribution in [-0.4, -0.2) is 9.66 Å². The normalized spacial score (nSPS) is 11.1. The molecule has 0 atom stereocenters. The highest BCUT2D eigenvalue weighted by Gasteiger charge is 2.16. The zero-order chi connectivity index (χ0) is 11.0. The second-order valence-electron chi connectivity index (χ2n) is 2.96. The fourth-order valence-corrected chi connectivity index (χ4v) is 1.32. The van der Waals surface area contributed by atoms with Gasteiger partial charge in [-0.3, -0.25) is 4.79 Å². The highest BCUT2D eigenvalue weighted by atomic mass is 19.3. The SMILES string of the molecule is Nn1c(C(F)F)nc2ccccc2c1=O. The van der Waals surface area contributed by atoms with Gasteiger partial charge >= 0.3 is 0 Å². The third kappa shape index (κ3) is 1.43. The lowest BCUT2D eigenvalue weighted by Crippen LogP contribution is -2.31. The van der Waals surface area contributed by atoms with Gasteiger partial charge in [-0.2, -0.15) is 0 Å². The first kappa shape index (κ1) is 9.57. The van der Waals surface area contributed by atoms with Gasteiger partial charge in [0.1, 0.15) is 0 Å². The average Bonchev–Trinajstić information content (AvgIpc) is 2.23. The summed E-state index contributed by atoms with van der Waals surface area (Å²) in [6.07, 6.45) is -2.87. The predicted octanol–water partition coefficient (Wildman–Crippen LogP) is 1.05. The van der Waals surface area contributed by atoms with Gasteiger partial charge in [0.05, 0.1) is 10.9 Å². The Hall–Kier alpha value is -1.98. The average molecular weight is 211 g/mol. The van der Waals surface area contributed by atoms with Crippen molar-refractivity contribution in [1.82, 2.24) is 9.66 Å². The molecule has 78 valence electrons. The topological polar surface area (TPSA) is 60.9 Å². The minimum atomic E-state index is -2.87. The fraction of sp³-hybridized carbons (Fsp3) is 0.111. The minimum Gasteiger partial charge on any atom is -0.335 e. The molecule has 0 saturated carbocycles. The van der Waals surface area contributed by atoms with Crippen LogP contribution in [0.25, 0.3) is 10.9 Å². The van der Waals surface area contributed by atoms with Crippen molar-refractivity contribution < 1.29 is 8.78 Å². The highest BCUT2D eigenvalue weighted by Crippen LogP contribution is 2.16. The van der Waals surface area contributed by atoms with Crippen LogP contribution in [0.4, 0.5) is 8.78 Å². The number of nitrogen functional groups attached to an aromatic ring is 1. The van der Waals surface area contributed by atoms with Gasteiger partial charge in [0.25, 0.3) is 12.0 Å². The lowest BCUT2D eigenvalue weighted by Gasteiger charge is -2.06. The molecule has 0 aliphatic heterocycles. The molecule has 2 aromatic rings. The van der Waals surface area contributed by atoms with Gasteiger partial charge in [0.2, 0.25) is 0 Å². The molecule has 0 saturated heterocycles. The Morgan fingerprint density at radius 3 is 2.67 bits per heavy atom. The van der Waals surface area contributed by atoms with Gasteiger partial charge in [-0.05, 0) is 12.1 Å². The van der Waals surface area contributed by atoms with Gasteiger partial charge in [0, 0.05) is 0 Å². The zero-order valence-corrected chi connectivity index (χ0v) is 7.52. The van der Waals surface area contributed by atoms with Crippen LogP contribution in [0.2, 0.25) is 0 Å². The Labute approximate surface area is 82.9 Å². The Morgan fingerprint density at radius 2 is 2.00 bits per heavy atom. The van der Waals surface area contributed by atoms with Crippen LogP contribution in [0.15, 0.2) is 29.1 Å². The van der Waals surface area contributed by atoms with Crippen molar-refractivity contribution in [3.63, 3.8) is 0 Å². The van der Waals surface area contributed by atoms with Crippen LogP contribution < -0.4 is 11.4 Å². The molecule has 0 radical (unpaired) electrons. The molecule has 15 heavy (non-hydrogen) atoms. The smallest absolute Gasteiger partial charge is 0.297 e. The van der Waals surface area contributed by atoms with Crippen LogP contribution in [-0.2, 0) is 0 Å². The van der Waals surface area contributed by atoms with Crippen molar-refractivity contribution in [3.8, 4) is 0 Å². The molecule has 6 heteroatoms. The highest BCUT2D eigenvalue weighted by molar-refractivity contribution is 5.77.